The van der Waals surface area contributed by atoms with Crippen LogP contribution in [0.1, 0.15) is 39.3 Å². The second-order valence-corrected chi connectivity index (χ2v) is 7.42. The Bertz CT molecular complexity index is 791. The predicted molar refractivity (Wildman–Crippen MR) is 85.4 cm³/mol. The maximum absolute atomic E-state index is 12.7. The van der Waals surface area contributed by atoms with Gasteiger partial charge in [0, 0.05) is 6.07 Å². The van der Waals surface area contributed by atoms with Crippen molar-refractivity contribution in [1.82, 2.24) is 9.88 Å². The van der Waals surface area contributed by atoms with Crippen LogP contribution in [0.25, 0.3) is 0 Å². The van der Waals surface area contributed by atoms with Gasteiger partial charge in [-0.15, -0.1) is 0 Å². The molecular weight excluding hydrogens is 300 g/mol. The number of aromatic nitrogens is 1. The Morgan fingerprint density at radius 2 is 1.45 bits per heavy atom. The van der Waals surface area contributed by atoms with Gasteiger partial charge in [0.2, 0.25) is 10.0 Å². The number of nitrogens with zero attached hydrogens (tertiary/aromatic N) is 1. The highest BCUT2D eigenvalue weighted by Crippen LogP contribution is 2.29. The zero-order chi connectivity index (χ0) is 16.7. The Labute approximate surface area is 131 Å². The van der Waals surface area contributed by atoms with Crippen molar-refractivity contribution in [2.45, 2.75) is 53.0 Å². The summed E-state index contributed by atoms with van der Waals surface area (Å²) in [5.74, 6) is 0.497. The minimum Gasteiger partial charge on any atom is -0.360 e. The summed E-state index contributed by atoms with van der Waals surface area (Å²) in [4.78, 5) is 0.365. The van der Waals surface area contributed by atoms with Crippen LogP contribution in [0.15, 0.2) is 15.5 Å². The van der Waals surface area contributed by atoms with Crippen molar-refractivity contribution < 1.29 is 12.9 Å². The quantitative estimate of drug-likeness (QED) is 0.939. The first kappa shape index (κ1) is 16.7. The Morgan fingerprint density at radius 3 is 1.91 bits per heavy atom. The van der Waals surface area contributed by atoms with Gasteiger partial charge in [-0.3, -0.25) is 0 Å². The number of sulfonamides is 1. The molecular formula is C16H22N2O3S. The molecule has 6 heteroatoms. The SMILES string of the molecule is Cc1cc(CNS(=O)(=O)c2c(C)c(C)c(C)c(C)c2C)on1. The molecule has 1 aromatic carbocycles. The molecule has 0 amide bonds. The molecule has 1 heterocycles. The Kier molecular flexibility index (Phi) is 4.44. The molecule has 0 aliphatic heterocycles. The highest BCUT2D eigenvalue weighted by atomic mass is 32.2. The van der Waals surface area contributed by atoms with Crippen LogP contribution in [0.2, 0.25) is 0 Å². The molecule has 22 heavy (non-hydrogen) atoms. The summed E-state index contributed by atoms with van der Waals surface area (Å²) in [5, 5.41) is 3.76. The number of hydrogen-bond acceptors (Lipinski definition) is 4. The van der Waals surface area contributed by atoms with Crippen LogP contribution in [0.3, 0.4) is 0 Å². The van der Waals surface area contributed by atoms with Gasteiger partial charge in [0.15, 0.2) is 5.76 Å². The fraction of sp³-hybridized carbons (Fsp3) is 0.438. The van der Waals surface area contributed by atoms with Crippen LogP contribution in [0.4, 0.5) is 0 Å². The van der Waals surface area contributed by atoms with Crippen LogP contribution >= 0.6 is 0 Å². The van der Waals surface area contributed by atoms with E-state index in [0.29, 0.717) is 10.7 Å². The third kappa shape index (κ3) is 2.94. The van der Waals surface area contributed by atoms with E-state index in [1.807, 2.05) is 34.6 Å². The fourth-order valence-corrected chi connectivity index (χ4v) is 4.20. The van der Waals surface area contributed by atoms with Crippen LogP contribution in [-0.4, -0.2) is 13.6 Å². The van der Waals surface area contributed by atoms with E-state index in [2.05, 4.69) is 9.88 Å². The van der Waals surface area contributed by atoms with Gasteiger partial charge < -0.3 is 4.52 Å². The molecule has 0 aliphatic carbocycles. The third-order valence-corrected chi connectivity index (χ3v) is 5.99. The maximum Gasteiger partial charge on any atom is 0.241 e. The van der Waals surface area contributed by atoms with Crippen molar-refractivity contribution in [3.05, 3.63) is 45.3 Å². The topological polar surface area (TPSA) is 72.2 Å². The van der Waals surface area contributed by atoms with Crippen LogP contribution in [0, 0.1) is 41.5 Å². The molecule has 0 radical (unpaired) electrons. The molecule has 0 fully saturated rings. The van der Waals surface area contributed by atoms with E-state index in [0.717, 1.165) is 33.5 Å². The van der Waals surface area contributed by atoms with Gasteiger partial charge >= 0.3 is 0 Å². The molecule has 120 valence electrons. The minimum atomic E-state index is -3.61. The van der Waals surface area contributed by atoms with Gasteiger partial charge in [0.25, 0.3) is 0 Å². The standard InChI is InChI=1S/C16H22N2O3S/c1-9-7-15(21-18-9)8-17-22(19,20)16-13(5)11(3)10(2)12(4)14(16)6/h7,17H,8H2,1-6H3. The average molecular weight is 322 g/mol. The maximum atomic E-state index is 12.7. The summed E-state index contributed by atoms with van der Waals surface area (Å²) >= 11 is 0. The Morgan fingerprint density at radius 1 is 0.955 bits per heavy atom. The van der Waals surface area contributed by atoms with E-state index in [1.54, 1.807) is 13.0 Å². The highest BCUT2D eigenvalue weighted by molar-refractivity contribution is 7.89. The minimum absolute atomic E-state index is 0.0913. The molecule has 1 N–H and O–H groups in total. The molecule has 0 spiro atoms. The molecule has 0 saturated heterocycles. The van der Waals surface area contributed by atoms with Crippen molar-refractivity contribution in [1.29, 1.82) is 0 Å². The molecule has 0 unspecified atom stereocenters. The number of benzene rings is 1. The van der Waals surface area contributed by atoms with Gasteiger partial charge in [0.1, 0.15) is 0 Å². The average Bonchev–Trinajstić information content (AvgIpc) is 2.87. The summed E-state index contributed by atoms with van der Waals surface area (Å²) in [6.07, 6.45) is 0. The second-order valence-electron chi connectivity index (χ2n) is 5.71. The molecule has 0 aliphatic rings. The molecule has 0 saturated carbocycles. The largest absolute Gasteiger partial charge is 0.360 e. The van der Waals surface area contributed by atoms with E-state index in [4.69, 9.17) is 4.52 Å². The summed E-state index contributed by atoms with van der Waals surface area (Å²) < 4.78 is 33.0. The van der Waals surface area contributed by atoms with Crippen molar-refractivity contribution in [2.75, 3.05) is 0 Å². The lowest BCUT2D eigenvalue weighted by Gasteiger charge is -2.18. The van der Waals surface area contributed by atoms with E-state index in [1.165, 1.54) is 0 Å². The monoisotopic (exact) mass is 322 g/mol. The summed E-state index contributed by atoms with van der Waals surface area (Å²) in [5.41, 5.74) is 5.48. The smallest absolute Gasteiger partial charge is 0.241 e. The van der Waals surface area contributed by atoms with Gasteiger partial charge in [-0.05, 0) is 69.4 Å². The lowest BCUT2D eigenvalue weighted by Crippen LogP contribution is -2.25. The fourth-order valence-electron chi connectivity index (χ4n) is 2.61. The van der Waals surface area contributed by atoms with Gasteiger partial charge in [-0.2, -0.15) is 0 Å². The normalized spacial score (nSPS) is 11.9. The third-order valence-electron chi connectivity index (χ3n) is 4.31. The number of rotatable bonds is 4. The second kappa shape index (κ2) is 5.85. The van der Waals surface area contributed by atoms with E-state index < -0.39 is 10.0 Å². The first-order valence-corrected chi connectivity index (χ1v) is 8.62. The molecule has 0 atom stereocenters. The molecule has 5 nitrogen and oxygen atoms in total. The van der Waals surface area contributed by atoms with Gasteiger partial charge in [-0.25, -0.2) is 13.1 Å². The summed E-state index contributed by atoms with van der Waals surface area (Å²) in [7, 11) is -3.61. The van der Waals surface area contributed by atoms with E-state index in [-0.39, 0.29) is 6.54 Å². The van der Waals surface area contributed by atoms with Crippen molar-refractivity contribution in [2.24, 2.45) is 0 Å². The van der Waals surface area contributed by atoms with Crippen LogP contribution < -0.4 is 4.72 Å². The molecule has 0 bridgehead atoms. The zero-order valence-electron chi connectivity index (χ0n) is 13.9. The molecule has 2 rings (SSSR count). The van der Waals surface area contributed by atoms with Crippen molar-refractivity contribution >= 4 is 10.0 Å². The summed E-state index contributed by atoms with van der Waals surface area (Å²) in [6, 6.07) is 1.72. The van der Waals surface area contributed by atoms with E-state index in [9.17, 15) is 8.42 Å². The highest BCUT2D eigenvalue weighted by Gasteiger charge is 2.23. The van der Waals surface area contributed by atoms with Gasteiger partial charge in [-0.1, -0.05) is 5.16 Å². The lowest BCUT2D eigenvalue weighted by molar-refractivity contribution is 0.377. The zero-order valence-corrected chi connectivity index (χ0v) is 14.7. The van der Waals surface area contributed by atoms with Gasteiger partial charge in [0.05, 0.1) is 17.1 Å². The number of aryl methyl sites for hydroxylation is 1. The predicted octanol–water partition coefficient (Wildman–Crippen LogP) is 3.00. The number of nitrogens with one attached hydrogen (secondary N) is 1. The Hall–Kier alpha value is -1.66. The van der Waals surface area contributed by atoms with Crippen LogP contribution in [-0.2, 0) is 16.6 Å². The number of hydrogen-bond donors (Lipinski definition) is 1. The molecule has 1 aromatic heterocycles. The lowest BCUT2D eigenvalue weighted by atomic mass is 9.95. The molecule has 2 aromatic rings. The first-order valence-electron chi connectivity index (χ1n) is 7.14. The summed E-state index contributed by atoms with van der Waals surface area (Å²) in [6.45, 7) is 11.5. The Balaban J connectivity index is 2.41. The van der Waals surface area contributed by atoms with E-state index >= 15 is 0 Å². The van der Waals surface area contributed by atoms with Crippen molar-refractivity contribution in [3.8, 4) is 0 Å². The van der Waals surface area contributed by atoms with Crippen LogP contribution in [0.5, 0.6) is 0 Å². The first-order chi connectivity index (χ1) is 10.1. The van der Waals surface area contributed by atoms with Crippen molar-refractivity contribution in [3.63, 3.8) is 0 Å².